The predicted octanol–water partition coefficient (Wildman–Crippen LogP) is 3.89. The van der Waals surface area contributed by atoms with Crippen molar-refractivity contribution in [3.8, 4) is 17.2 Å². The number of aryl methyl sites for hydroxylation is 2. The number of nitrogens with zero attached hydrogens (tertiary/aromatic N) is 7. The van der Waals surface area contributed by atoms with E-state index in [-0.39, 0.29) is 34.8 Å². The first-order valence-electron chi connectivity index (χ1n) is 12.7. The lowest BCUT2D eigenvalue weighted by Gasteiger charge is -2.38. The van der Waals surface area contributed by atoms with Crippen molar-refractivity contribution in [2.75, 3.05) is 12.0 Å². The standard InChI is InChI=1S/C27H27F2N7O2S/c1-15-13-30-25(36-14-31-21(35-36)9-11-39(4,37)38)32-23(15)27-10-8-17(26(27,2)3)16-12-20(33-34-24(16)27)22-18(28)6-5-7-19(22)29/h5-7,12-14,17H,8-11H2,1-4H3/t17-,27+/m0/s1. The summed E-state index contributed by atoms with van der Waals surface area (Å²) >= 11 is 0. The lowest BCUT2D eigenvalue weighted by molar-refractivity contribution is 0.241. The number of sulfone groups is 1. The Morgan fingerprint density at radius 1 is 1.10 bits per heavy atom. The lowest BCUT2D eigenvalue weighted by Crippen LogP contribution is -2.39. The molecule has 9 nitrogen and oxygen atoms in total. The molecule has 202 valence electrons. The van der Waals surface area contributed by atoms with E-state index in [9.17, 15) is 17.2 Å². The van der Waals surface area contributed by atoms with Gasteiger partial charge in [0.15, 0.2) is 5.82 Å². The van der Waals surface area contributed by atoms with E-state index in [0.29, 0.717) is 11.8 Å². The van der Waals surface area contributed by atoms with Gasteiger partial charge in [-0.2, -0.15) is 9.78 Å². The van der Waals surface area contributed by atoms with Gasteiger partial charge in [-0.3, -0.25) is 0 Å². The summed E-state index contributed by atoms with van der Waals surface area (Å²) in [4.78, 5) is 13.7. The Bertz CT molecular complexity index is 1720. The Labute approximate surface area is 224 Å². The Morgan fingerprint density at radius 3 is 2.56 bits per heavy atom. The summed E-state index contributed by atoms with van der Waals surface area (Å²) in [5.74, 6) is -0.611. The topological polar surface area (TPSA) is 116 Å². The smallest absolute Gasteiger partial charge is 0.229 e. The van der Waals surface area contributed by atoms with Crippen LogP contribution in [0.2, 0.25) is 0 Å². The van der Waals surface area contributed by atoms with Crippen LogP contribution >= 0.6 is 0 Å². The van der Waals surface area contributed by atoms with Crippen LogP contribution in [0.3, 0.4) is 0 Å². The van der Waals surface area contributed by atoms with Gasteiger partial charge in [-0.05, 0) is 60.4 Å². The third-order valence-electron chi connectivity index (χ3n) is 8.40. The highest BCUT2D eigenvalue weighted by Gasteiger charge is 2.65. The van der Waals surface area contributed by atoms with Crippen molar-refractivity contribution in [3.63, 3.8) is 0 Å². The van der Waals surface area contributed by atoms with Crippen LogP contribution in [0.4, 0.5) is 8.78 Å². The highest BCUT2D eigenvalue weighted by Crippen LogP contribution is 2.69. The molecule has 0 unspecified atom stereocenters. The minimum absolute atomic E-state index is 0.0517. The van der Waals surface area contributed by atoms with Gasteiger partial charge in [0, 0.05) is 18.9 Å². The number of aromatic nitrogens is 7. The molecule has 0 amide bonds. The van der Waals surface area contributed by atoms with Crippen LogP contribution in [-0.4, -0.2) is 55.4 Å². The number of fused-ring (bicyclic) bond motifs is 5. The Balaban J connectivity index is 1.45. The van der Waals surface area contributed by atoms with E-state index in [1.165, 1.54) is 35.5 Å². The van der Waals surface area contributed by atoms with Gasteiger partial charge in [-0.25, -0.2) is 32.2 Å². The molecule has 12 heteroatoms. The maximum absolute atomic E-state index is 14.6. The summed E-state index contributed by atoms with van der Waals surface area (Å²) in [6, 6.07) is 5.54. The van der Waals surface area contributed by atoms with Crippen LogP contribution in [0, 0.1) is 24.0 Å². The van der Waals surface area contributed by atoms with Crippen molar-refractivity contribution < 1.29 is 17.2 Å². The summed E-state index contributed by atoms with van der Waals surface area (Å²) in [5.41, 5.74) is 2.47. The Hall–Kier alpha value is -3.67. The molecule has 2 atom stereocenters. The fourth-order valence-corrected chi connectivity index (χ4v) is 7.03. The second kappa shape index (κ2) is 8.67. The summed E-state index contributed by atoms with van der Waals surface area (Å²) in [6.45, 7) is 6.30. The van der Waals surface area contributed by atoms with E-state index in [1.54, 1.807) is 12.3 Å². The molecule has 2 aliphatic carbocycles. The van der Waals surface area contributed by atoms with Crippen LogP contribution in [0.1, 0.15) is 60.9 Å². The Morgan fingerprint density at radius 2 is 1.85 bits per heavy atom. The maximum atomic E-state index is 14.6. The largest absolute Gasteiger partial charge is 0.252 e. The van der Waals surface area contributed by atoms with Crippen LogP contribution in [0.5, 0.6) is 0 Å². The van der Waals surface area contributed by atoms with E-state index in [2.05, 4.69) is 39.1 Å². The molecular weight excluding hydrogens is 524 g/mol. The van der Waals surface area contributed by atoms with Gasteiger partial charge in [0.05, 0.1) is 33.8 Å². The van der Waals surface area contributed by atoms with Crippen molar-refractivity contribution in [1.29, 1.82) is 0 Å². The van der Waals surface area contributed by atoms with Gasteiger partial charge in [0.2, 0.25) is 0 Å². The third kappa shape index (κ3) is 3.87. The molecule has 0 radical (unpaired) electrons. The Kier molecular flexibility index (Phi) is 5.69. The van der Waals surface area contributed by atoms with E-state index < -0.39 is 26.9 Å². The van der Waals surface area contributed by atoms with Crippen molar-refractivity contribution >= 4 is 9.84 Å². The first-order chi connectivity index (χ1) is 18.4. The number of hydrogen-bond donors (Lipinski definition) is 0. The summed E-state index contributed by atoms with van der Waals surface area (Å²) in [6.07, 6.45) is 6.23. The van der Waals surface area contributed by atoms with Gasteiger partial charge in [-0.15, -0.1) is 10.2 Å². The molecule has 0 aliphatic heterocycles. The molecule has 0 saturated heterocycles. The monoisotopic (exact) mass is 551 g/mol. The fourth-order valence-electron chi connectivity index (χ4n) is 6.47. The minimum atomic E-state index is -3.15. The van der Waals surface area contributed by atoms with Crippen molar-refractivity contribution in [2.45, 2.75) is 51.4 Å². The molecule has 1 fully saturated rings. The minimum Gasteiger partial charge on any atom is -0.229 e. The first kappa shape index (κ1) is 25.6. The maximum Gasteiger partial charge on any atom is 0.252 e. The van der Waals surface area contributed by atoms with Gasteiger partial charge in [0.1, 0.15) is 27.8 Å². The third-order valence-corrected chi connectivity index (χ3v) is 9.35. The zero-order chi connectivity index (χ0) is 27.7. The number of hydrogen-bond acceptors (Lipinski definition) is 8. The van der Waals surface area contributed by atoms with E-state index in [0.717, 1.165) is 35.4 Å². The van der Waals surface area contributed by atoms with Crippen LogP contribution in [-0.2, 0) is 21.7 Å². The highest BCUT2D eigenvalue weighted by atomic mass is 32.2. The average molecular weight is 552 g/mol. The van der Waals surface area contributed by atoms with Gasteiger partial charge >= 0.3 is 0 Å². The zero-order valence-corrected chi connectivity index (χ0v) is 22.8. The second-order valence-electron chi connectivity index (χ2n) is 11.0. The van der Waals surface area contributed by atoms with Crippen LogP contribution in [0.15, 0.2) is 36.8 Å². The second-order valence-corrected chi connectivity index (χ2v) is 13.3. The fraction of sp³-hybridized carbons (Fsp3) is 0.407. The summed E-state index contributed by atoms with van der Waals surface area (Å²) in [5, 5.41) is 13.3. The SMILES string of the molecule is Cc1cnc(-n2cnc(CCS(C)(=O)=O)n2)nc1[C@]12CC[C@@H](c3cc(-c4c(F)cccc4F)nnc31)C2(C)C. The predicted molar refractivity (Wildman–Crippen MR) is 139 cm³/mol. The molecule has 1 saturated carbocycles. The number of halogens is 2. The highest BCUT2D eigenvalue weighted by molar-refractivity contribution is 7.90. The van der Waals surface area contributed by atoms with E-state index in [1.807, 2.05) is 6.92 Å². The van der Waals surface area contributed by atoms with E-state index in [4.69, 9.17) is 4.98 Å². The van der Waals surface area contributed by atoms with Gasteiger partial charge < -0.3 is 0 Å². The molecule has 6 rings (SSSR count). The molecule has 2 bridgehead atoms. The molecule has 4 aromatic rings. The molecular formula is C27H27F2N7O2S. The first-order valence-corrected chi connectivity index (χ1v) is 14.7. The molecule has 2 aliphatic rings. The molecule has 39 heavy (non-hydrogen) atoms. The number of rotatable bonds is 6. The molecule has 0 N–H and O–H groups in total. The lowest BCUT2D eigenvalue weighted by atomic mass is 9.65. The molecule has 3 aromatic heterocycles. The van der Waals surface area contributed by atoms with Crippen molar-refractivity contribution in [1.82, 2.24) is 34.9 Å². The quantitative estimate of drug-likeness (QED) is 0.354. The number of benzene rings is 1. The van der Waals surface area contributed by atoms with Crippen molar-refractivity contribution in [2.24, 2.45) is 5.41 Å². The summed E-state index contributed by atoms with van der Waals surface area (Å²) < 4.78 is 53.7. The van der Waals surface area contributed by atoms with Crippen LogP contribution in [0.25, 0.3) is 17.2 Å². The molecule has 1 aromatic carbocycles. The zero-order valence-electron chi connectivity index (χ0n) is 22.0. The molecule has 3 heterocycles. The van der Waals surface area contributed by atoms with E-state index >= 15 is 0 Å². The average Bonchev–Trinajstić information content (AvgIpc) is 3.50. The van der Waals surface area contributed by atoms with Crippen molar-refractivity contribution in [3.05, 3.63) is 76.8 Å². The summed E-state index contributed by atoms with van der Waals surface area (Å²) in [7, 11) is -3.15. The van der Waals surface area contributed by atoms with Gasteiger partial charge in [0.25, 0.3) is 5.95 Å². The normalized spacial score (nSPS) is 21.3. The molecule has 0 spiro atoms. The van der Waals surface area contributed by atoms with Gasteiger partial charge in [-0.1, -0.05) is 19.9 Å². The van der Waals surface area contributed by atoms with Crippen LogP contribution < -0.4 is 0 Å².